The molecule has 0 aliphatic heterocycles. The van der Waals surface area contributed by atoms with Crippen molar-refractivity contribution < 1.29 is 4.42 Å². The minimum Gasteiger partial charge on any atom is -0.463 e. The van der Waals surface area contributed by atoms with E-state index in [1.54, 1.807) is 0 Å². The van der Waals surface area contributed by atoms with Crippen molar-refractivity contribution in [3.63, 3.8) is 0 Å². The van der Waals surface area contributed by atoms with E-state index in [1.807, 2.05) is 50.2 Å². The Morgan fingerprint density at radius 3 is 2.77 bits per heavy atom. The largest absolute Gasteiger partial charge is 0.463 e. The van der Waals surface area contributed by atoms with E-state index in [2.05, 4.69) is 4.98 Å². The Bertz CT molecular complexity index is 1040. The standard InChI is InChI=1S/C18H13NO2S/c1-10-7-11(2)16-14(8-10)21-9-12(17(16)20)18-19-13-5-3-4-6-15(13)22-18/h3-9H,1-2H3. The van der Waals surface area contributed by atoms with Gasteiger partial charge in [0.05, 0.1) is 21.2 Å². The Hall–Kier alpha value is -2.46. The topological polar surface area (TPSA) is 43.1 Å². The summed E-state index contributed by atoms with van der Waals surface area (Å²) in [6.45, 7) is 3.93. The van der Waals surface area contributed by atoms with E-state index in [4.69, 9.17) is 4.42 Å². The van der Waals surface area contributed by atoms with E-state index in [9.17, 15) is 4.79 Å². The van der Waals surface area contributed by atoms with Gasteiger partial charge in [-0.15, -0.1) is 11.3 Å². The molecule has 108 valence electrons. The number of para-hydroxylation sites is 1. The van der Waals surface area contributed by atoms with Crippen LogP contribution < -0.4 is 5.43 Å². The summed E-state index contributed by atoms with van der Waals surface area (Å²) in [5.41, 5.74) is 4.07. The van der Waals surface area contributed by atoms with Gasteiger partial charge in [-0.1, -0.05) is 18.2 Å². The highest BCUT2D eigenvalue weighted by Gasteiger charge is 2.14. The number of fused-ring (bicyclic) bond motifs is 2. The predicted molar refractivity (Wildman–Crippen MR) is 90.6 cm³/mol. The summed E-state index contributed by atoms with van der Waals surface area (Å²) < 4.78 is 6.77. The lowest BCUT2D eigenvalue weighted by Gasteiger charge is -2.04. The van der Waals surface area contributed by atoms with Gasteiger partial charge in [0.2, 0.25) is 5.43 Å². The summed E-state index contributed by atoms with van der Waals surface area (Å²) in [4.78, 5) is 17.4. The van der Waals surface area contributed by atoms with E-state index >= 15 is 0 Å². The molecule has 4 aromatic rings. The fraction of sp³-hybridized carbons (Fsp3) is 0.111. The molecule has 4 heteroatoms. The molecule has 0 amide bonds. The van der Waals surface area contributed by atoms with Gasteiger partial charge >= 0.3 is 0 Å². The van der Waals surface area contributed by atoms with Crippen LogP contribution in [0.3, 0.4) is 0 Å². The molecule has 2 aromatic carbocycles. The molecule has 22 heavy (non-hydrogen) atoms. The quantitative estimate of drug-likeness (QED) is 0.512. The van der Waals surface area contributed by atoms with Crippen molar-refractivity contribution in [2.45, 2.75) is 13.8 Å². The van der Waals surface area contributed by atoms with Gasteiger partial charge in [0, 0.05) is 0 Å². The minimum atomic E-state index is -0.0159. The van der Waals surface area contributed by atoms with Crippen LogP contribution >= 0.6 is 11.3 Å². The summed E-state index contributed by atoms with van der Waals surface area (Å²) in [6.07, 6.45) is 1.53. The minimum absolute atomic E-state index is 0.0159. The van der Waals surface area contributed by atoms with Gasteiger partial charge in [0.15, 0.2) is 0 Å². The molecule has 0 spiro atoms. The van der Waals surface area contributed by atoms with Crippen LogP contribution in [0.4, 0.5) is 0 Å². The van der Waals surface area contributed by atoms with Crippen molar-refractivity contribution in [2.75, 3.05) is 0 Å². The molecule has 0 aliphatic rings. The molecule has 4 rings (SSSR count). The third-order valence-electron chi connectivity index (χ3n) is 3.74. The first-order valence-electron chi connectivity index (χ1n) is 7.02. The maximum atomic E-state index is 12.8. The van der Waals surface area contributed by atoms with E-state index < -0.39 is 0 Å². The van der Waals surface area contributed by atoms with Crippen molar-refractivity contribution in [1.82, 2.24) is 4.98 Å². The molecule has 0 fully saturated rings. The molecule has 0 aliphatic carbocycles. The molecule has 0 N–H and O–H groups in total. The first kappa shape index (κ1) is 13.2. The molecular formula is C18H13NO2S. The molecule has 0 saturated carbocycles. The first-order chi connectivity index (χ1) is 10.6. The van der Waals surface area contributed by atoms with Crippen molar-refractivity contribution in [3.05, 3.63) is 64.0 Å². The fourth-order valence-corrected chi connectivity index (χ4v) is 3.73. The second-order valence-electron chi connectivity index (χ2n) is 5.42. The smallest absolute Gasteiger partial charge is 0.203 e. The highest BCUT2D eigenvalue weighted by Crippen LogP contribution is 2.29. The molecule has 0 unspecified atom stereocenters. The first-order valence-corrected chi connectivity index (χ1v) is 7.84. The zero-order valence-electron chi connectivity index (χ0n) is 12.2. The SMILES string of the molecule is Cc1cc(C)c2c(=O)c(-c3nc4ccccc4s3)coc2c1. The second kappa shape index (κ2) is 4.78. The summed E-state index contributed by atoms with van der Waals surface area (Å²) in [5.74, 6) is 0. The van der Waals surface area contributed by atoms with Gasteiger partial charge in [-0.05, 0) is 43.2 Å². The highest BCUT2D eigenvalue weighted by atomic mass is 32.1. The zero-order chi connectivity index (χ0) is 15.3. The van der Waals surface area contributed by atoms with Gasteiger partial charge in [-0.2, -0.15) is 0 Å². The Morgan fingerprint density at radius 2 is 1.95 bits per heavy atom. The summed E-state index contributed by atoms with van der Waals surface area (Å²) >= 11 is 1.51. The van der Waals surface area contributed by atoms with Crippen LogP contribution in [0, 0.1) is 13.8 Å². The predicted octanol–water partition coefficient (Wildman–Crippen LogP) is 4.69. The number of benzene rings is 2. The summed E-state index contributed by atoms with van der Waals surface area (Å²) in [6, 6.07) is 11.8. The second-order valence-corrected chi connectivity index (χ2v) is 6.45. The highest BCUT2D eigenvalue weighted by molar-refractivity contribution is 7.21. The summed E-state index contributed by atoms with van der Waals surface area (Å²) in [5, 5.41) is 1.35. The summed E-state index contributed by atoms with van der Waals surface area (Å²) in [7, 11) is 0. The van der Waals surface area contributed by atoms with E-state index in [0.717, 1.165) is 21.3 Å². The number of aromatic nitrogens is 1. The Labute approximate surface area is 130 Å². The van der Waals surface area contributed by atoms with Crippen molar-refractivity contribution >= 4 is 32.5 Å². The molecule has 3 nitrogen and oxygen atoms in total. The number of thiazole rings is 1. The lowest BCUT2D eigenvalue weighted by atomic mass is 10.1. The van der Waals surface area contributed by atoms with Gasteiger partial charge in [0.25, 0.3) is 0 Å². The van der Waals surface area contributed by atoms with Crippen LogP contribution in [-0.2, 0) is 0 Å². The van der Waals surface area contributed by atoms with E-state index in [1.165, 1.54) is 17.6 Å². The molecule has 0 atom stereocenters. The molecule has 2 aromatic heterocycles. The van der Waals surface area contributed by atoms with Crippen LogP contribution in [0.5, 0.6) is 0 Å². The van der Waals surface area contributed by atoms with E-state index in [0.29, 0.717) is 21.5 Å². The molecule has 0 bridgehead atoms. The average Bonchev–Trinajstić information content (AvgIpc) is 2.90. The Balaban J connectivity index is 2.03. The van der Waals surface area contributed by atoms with Crippen LogP contribution in [0.1, 0.15) is 11.1 Å². The normalized spacial score (nSPS) is 11.4. The number of hydrogen-bond acceptors (Lipinski definition) is 4. The van der Waals surface area contributed by atoms with Gasteiger partial charge in [-0.25, -0.2) is 4.98 Å². The third-order valence-corrected chi connectivity index (χ3v) is 4.81. The van der Waals surface area contributed by atoms with Gasteiger partial charge in [-0.3, -0.25) is 4.79 Å². The zero-order valence-corrected chi connectivity index (χ0v) is 13.0. The number of rotatable bonds is 1. The maximum absolute atomic E-state index is 12.8. The molecular weight excluding hydrogens is 294 g/mol. The van der Waals surface area contributed by atoms with E-state index in [-0.39, 0.29) is 5.43 Å². The number of nitrogens with zero attached hydrogens (tertiary/aromatic N) is 1. The molecule has 0 radical (unpaired) electrons. The van der Waals surface area contributed by atoms with Crippen molar-refractivity contribution in [2.24, 2.45) is 0 Å². The molecule has 0 saturated heterocycles. The van der Waals surface area contributed by atoms with Crippen LogP contribution in [0.25, 0.3) is 31.8 Å². The van der Waals surface area contributed by atoms with Crippen molar-refractivity contribution in [1.29, 1.82) is 0 Å². The van der Waals surface area contributed by atoms with Crippen LogP contribution in [-0.4, -0.2) is 4.98 Å². The van der Waals surface area contributed by atoms with Gasteiger partial charge in [0.1, 0.15) is 16.9 Å². The number of aryl methyl sites for hydroxylation is 2. The van der Waals surface area contributed by atoms with Crippen LogP contribution in [0.2, 0.25) is 0 Å². The third kappa shape index (κ3) is 1.96. The van der Waals surface area contributed by atoms with Crippen LogP contribution in [0.15, 0.2) is 51.9 Å². The monoisotopic (exact) mass is 307 g/mol. The fourth-order valence-electron chi connectivity index (χ4n) is 2.76. The van der Waals surface area contributed by atoms with Crippen molar-refractivity contribution in [3.8, 4) is 10.6 Å². The molecule has 2 heterocycles. The Kier molecular flexibility index (Phi) is 2.87. The average molecular weight is 307 g/mol. The van der Waals surface area contributed by atoms with Gasteiger partial charge < -0.3 is 4.42 Å². The Morgan fingerprint density at radius 1 is 1.14 bits per heavy atom. The maximum Gasteiger partial charge on any atom is 0.203 e. The lowest BCUT2D eigenvalue weighted by Crippen LogP contribution is -2.06. The lowest BCUT2D eigenvalue weighted by molar-refractivity contribution is 0.604. The number of hydrogen-bond donors (Lipinski definition) is 0.